The predicted molar refractivity (Wildman–Crippen MR) is 105 cm³/mol. The van der Waals surface area contributed by atoms with E-state index in [-0.39, 0.29) is 11.6 Å². The first kappa shape index (κ1) is 19.0. The lowest BCUT2D eigenvalue weighted by Gasteiger charge is -2.29. The zero-order valence-corrected chi connectivity index (χ0v) is 15.5. The van der Waals surface area contributed by atoms with Crippen LogP contribution in [0.3, 0.4) is 0 Å². The highest BCUT2D eigenvalue weighted by Crippen LogP contribution is 2.23. The predicted octanol–water partition coefficient (Wildman–Crippen LogP) is 2.59. The van der Waals surface area contributed by atoms with Crippen molar-refractivity contribution < 1.29 is 14.5 Å². The van der Waals surface area contributed by atoms with E-state index in [9.17, 15) is 14.9 Å². The quantitative estimate of drug-likeness (QED) is 0.591. The Labute approximate surface area is 162 Å². The molecule has 2 aromatic carbocycles. The van der Waals surface area contributed by atoms with Crippen LogP contribution in [0.15, 0.2) is 66.4 Å². The van der Waals surface area contributed by atoms with Crippen LogP contribution in [-0.2, 0) is 11.3 Å². The second-order valence-corrected chi connectivity index (χ2v) is 6.11. The van der Waals surface area contributed by atoms with Crippen molar-refractivity contribution in [3.05, 3.63) is 87.6 Å². The number of amides is 1. The van der Waals surface area contributed by atoms with Crippen molar-refractivity contribution in [3.8, 4) is 5.75 Å². The van der Waals surface area contributed by atoms with Crippen molar-refractivity contribution in [2.24, 2.45) is 0 Å². The highest BCUT2D eigenvalue weighted by molar-refractivity contribution is 5.98. The molecule has 0 aromatic heterocycles. The van der Waals surface area contributed by atoms with Gasteiger partial charge in [-0.2, -0.15) is 0 Å². The molecule has 0 aliphatic carbocycles. The van der Waals surface area contributed by atoms with Crippen molar-refractivity contribution >= 4 is 17.3 Å². The van der Waals surface area contributed by atoms with E-state index >= 15 is 0 Å². The van der Waals surface area contributed by atoms with Crippen LogP contribution in [-0.4, -0.2) is 30.0 Å². The average Bonchev–Trinajstić information content (AvgIpc) is 2.73. The van der Waals surface area contributed by atoms with Gasteiger partial charge in [0, 0.05) is 25.4 Å². The van der Waals surface area contributed by atoms with Crippen LogP contribution in [0.2, 0.25) is 0 Å². The number of non-ortho nitro benzene ring substituents is 1. The fourth-order valence-electron chi connectivity index (χ4n) is 2.77. The van der Waals surface area contributed by atoms with Crippen molar-refractivity contribution in [1.82, 2.24) is 15.8 Å². The molecule has 1 heterocycles. The van der Waals surface area contributed by atoms with Gasteiger partial charge < -0.3 is 10.1 Å². The number of rotatable bonds is 6. The number of carbonyl (C=O) groups is 1. The van der Waals surface area contributed by atoms with Gasteiger partial charge in [-0.05, 0) is 41.5 Å². The largest absolute Gasteiger partial charge is 0.497 e. The fourth-order valence-corrected chi connectivity index (χ4v) is 2.77. The fraction of sp³-hybridized carbons (Fsp3) is 0.150. The molecule has 28 heavy (non-hydrogen) atoms. The molecule has 8 nitrogen and oxygen atoms in total. The van der Waals surface area contributed by atoms with Crippen molar-refractivity contribution in [2.45, 2.75) is 6.54 Å². The smallest absolute Gasteiger partial charge is 0.269 e. The lowest BCUT2D eigenvalue weighted by Crippen LogP contribution is -2.36. The van der Waals surface area contributed by atoms with E-state index in [1.54, 1.807) is 43.6 Å². The van der Waals surface area contributed by atoms with Gasteiger partial charge >= 0.3 is 0 Å². The Kier molecular flexibility index (Phi) is 5.59. The van der Waals surface area contributed by atoms with Gasteiger partial charge in [-0.3, -0.25) is 25.3 Å². The number of hydrazine groups is 1. The molecule has 8 heteroatoms. The van der Waals surface area contributed by atoms with Crippen LogP contribution in [0.1, 0.15) is 11.1 Å². The van der Waals surface area contributed by atoms with Gasteiger partial charge in [0.05, 0.1) is 29.8 Å². The van der Waals surface area contributed by atoms with Crippen LogP contribution >= 0.6 is 0 Å². The molecule has 2 aromatic rings. The van der Waals surface area contributed by atoms with Gasteiger partial charge in [0.2, 0.25) is 0 Å². The Morgan fingerprint density at radius 2 is 1.86 bits per heavy atom. The molecule has 0 atom stereocenters. The molecule has 0 spiro atoms. The summed E-state index contributed by atoms with van der Waals surface area (Å²) >= 11 is 0. The lowest BCUT2D eigenvalue weighted by atomic mass is 10.1. The molecule has 1 aliphatic rings. The third kappa shape index (κ3) is 4.29. The van der Waals surface area contributed by atoms with Gasteiger partial charge in [-0.25, -0.2) is 0 Å². The zero-order chi connectivity index (χ0) is 20.1. The van der Waals surface area contributed by atoms with Crippen LogP contribution in [0.4, 0.5) is 5.69 Å². The molecule has 2 N–H and O–H groups in total. The molecule has 0 bridgehead atoms. The zero-order valence-electron chi connectivity index (χ0n) is 15.5. The highest BCUT2D eigenvalue weighted by Gasteiger charge is 2.17. The second kappa shape index (κ2) is 8.26. The molecule has 0 unspecified atom stereocenters. The van der Waals surface area contributed by atoms with Crippen LogP contribution in [0.5, 0.6) is 5.75 Å². The Bertz CT molecular complexity index is 934. The average molecular weight is 380 g/mol. The minimum absolute atomic E-state index is 0.0377. The molecule has 0 fully saturated rings. The summed E-state index contributed by atoms with van der Waals surface area (Å²) < 4.78 is 5.19. The lowest BCUT2D eigenvalue weighted by molar-refractivity contribution is -0.384. The number of hydrogen-bond acceptors (Lipinski definition) is 6. The highest BCUT2D eigenvalue weighted by atomic mass is 16.6. The molecular weight excluding hydrogens is 360 g/mol. The minimum atomic E-state index is -0.433. The number of likely N-dealkylation sites (N-methyl/N-ethyl adjacent to an activating group) is 1. The Balaban J connectivity index is 1.85. The molecule has 3 rings (SSSR count). The van der Waals surface area contributed by atoms with E-state index in [1.807, 2.05) is 24.3 Å². The topological polar surface area (TPSA) is 96.7 Å². The SMILES string of the molecule is CNC(=O)C1=CN(Cc2ccc([N+](=O)[O-])cc2)NC(c2ccc(OC)cc2)=C1. The monoisotopic (exact) mass is 380 g/mol. The van der Waals surface area contributed by atoms with Crippen molar-refractivity contribution in [3.63, 3.8) is 0 Å². The van der Waals surface area contributed by atoms with Gasteiger partial charge in [0.1, 0.15) is 5.75 Å². The van der Waals surface area contributed by atoms with Crippen LogP contribution in [0.25, 0.3) is 5.70 Å². The third-order valence-corrected chi connectivity index (χ3v) is 4.25. The van der Waals surface area contributed by atoms with Crippen molar-refractivity contribution in [1.29, 1.82) is 0 Å². The van der Waals surface area contributed by atoms with E-state index in [0.717, 1.165) is 22.6 Å². The molecular formula is C20H20N4O4. The number of nitrogens with zero attached hydrogens (tertiary/aromatic N) is 2. The van der Waals surface area contributed by atoms with E-state index in [4.69, 9.17) is 4.74 Å². The maximum absolute atomic E-state index is 12.2. The van der Waals surface area contributed by atoms with E-state index in [0.29, 0.717) is 12.1 Å². The summed E-state index contributed by atoms with van der Waals surface area (Å²) in [7, 11) is 3.18. The Hall–Kier alpha value is -3.81. The van der Waals surface area contributed by atoms with Gasteiger partial charge in [-0.15, -0.1) is 0 Å². The first-order valence-electron chi connectivity index (χ1n) is 8.57. The number of methoxy groups -OCH3 is 1. The maximum atomic E-state index is 12.2. The normalized spacial score (nSPS) is 13.1. The molecule has 0 saturated carbocycles. The number of nitrogens with one attached hydrogen (secondary N) is 2. The van der Waals surface area contributed by atoms with E-state index in [2.05, 4.69) is 10.7 Å². The summed E-state index contributed by atoms with van der Waals surface area (Å²) in [6.07, 6.45) is 3.47. The molecule has 144 valence electrons. The molecule has 1 aliphatic heterocycles. The maximum Gasteiger partial charge on any atom is 0.269 e. The summed E-state index contributed by atoms with van der Waals surface area (Å²) in [6.45, 7) is 0.423. The first-order chi connectivity index (χ1) is 13.5. The first-order valence-corrected chi connectivity index (χ1v) is 8.57. The van der Waals surface area contributed by atoms with Gasteiger partial charge in [0.15, 0.2) is 0 Å². The summed E-state index contributed by atoms with van der Waals surface area (Å²) in [5.41, 5.74) is 6.31. The third-order valence-electron chi connectivity index (χ3n) is 4.25. The number of nitro groups is 1. The summed E-state index contributed by atoms with van der Waals surface area (Å²) in [6, 6.07) is 13.8. The number of carbonyl (C=O) groups excluding carboxylic acids is 1. The van der Waals surface area contributed by atoms with E-state index < -0.39 is 4.92 Å². The summed E-state index contributed by atoms with van der Waals surface area (Å²) in [5, 5.41) is 15.2. The van der Waals surface area contributed by atoms with Crippen LogP contribution < -0.4 is 15.5 Å². The Morgan fingerprint density at radius 1 is 1.18 bits per heavy atom. The van der Waals surface area contributed by atoms with E-state index in [1.165, 1.54) is 12.1 Å². The number of ether oxygens (including phenoxy) is 1. The summed E-state index contributed by atoms with van der Waals surface area (Å²) in [4.78, 5) is 22.6. The number of benzene rings is 2. The van der Waals surface area contributed by atoms with Crippen LogP contribution in [0, 0.1) is 10.1 Å². The molecule has 0 radical (unpaired) electrons. The number of nitro benzene ring substituents is 1. The molecule has 1 amide bonds. The number of hydrogen-bond donors (Lipinski definition) is 2. The molecule has 0 saturated heterocycles. The van der Waals surface area contributed by atoms with Gasteiger partial charge in [0.25, 0.3) is 11.6 Å². The van der Waals surface area contributed by atoms with Crippen molar-refractivity contribution in [2.75, 3.05) is 14.2 Å². The second-order valence-electron chi connectivity index (χ2n) is 6.11. The standard InChI is InChI=1S/C20H20N4O4/c1-21-20(25)16-11-19(15-5-9-18(28-2)10-6-15)22-23(13-16)12-14-3-7-17(8-4-14)24(26)27/h3-11,13,22H,12H2,1-2H3,(H,21,25). The van der Waals surface area contributed by atoms with Gasteiger partial charge in [-0.1, -0.05) is 12.1 Å². The Morgan fingerprint density at radius 3 is 2.43 bits per heavy atom. The summed E-state index contributed by atoms with van der Waals surface area (Å²) in [5.74, 6) is 0.533. The minimum Gasteiger partial charge on any atom is -0.497 e.